The molecule has 0 radical (unpaired) electrons. The molecule has 0 bridgehead atoms. The summed E-state index contributed by atoms with van der Waals surface area (Å²) in [6.45, 7) is 3.50. The van der Waals surface area contributed by atoms with E-state index in [9.17, 15) is 14.4 Å². The van der Waals surface area contributed by atoms with Crippen LogP contribution in [0.1, 0.15) is 70.7 Å². The Labute approximate surface area is 248 Å². The number of carbonyl (C=O) groups is 3. The van der Waals surface area contributed by atoms with E-state index < -0.39 is 5.97 Å². The summed E-state index contributed by atoms with van der Waals surface area (Å²) in [6.07, 6.45) is 5.63. The number of amides is 1. The van der Waals surface area contributed by atoms with Gasteiger partial charge in [-0.25, -0.2) is 4.79 Å². The van der Waals surface area contributed by atoms with Crippen molar-refractivity contribution in [1.82, 2.24) is 0 Å². The lowest BCUT2D eigenvalue weighted by atomic mass is 10.1. The lowest BCUT2D eigenvalue weighted by Crippen LogP contribution is -2.25. The highest BCUT2D eigenvalue weighted by atomic mass is 32.2. The van der Waals surface area contributed by atoms with Crippen molar-refractivity contribution >= 4 is 74.5 Å². The highest BCUT2D eigenvalue weighted by molar-refractivity contribution is 8.00. The molecule has 3 N–H and O–H groups in total. The van der Waals surface area contributed by atoms with Gasteiger partial charge in [0.2, 0.25) is 5.91 Å². The number of benzene rings is 2. The molecule has 1 heterocycles. The van der Waals surface area contributed by atoms with Crippen molar-refractivity contribution in [3.05, 3.63) is 70.1 Å². The summed E-state index contributed by atoms with van der Waals surface area (Å²) in [5, 5.41) is 9.99. The first-order valence-electron chi connectivity index (χ1n) is 13.3. The number of thiophene rings is 1. The zero-order valence-corrected chi connectivity index (χ0v) is 25.2. The molecule has 1 unspecified atom stereocenters. The average molecular weight is 596 g/mol. The molecule has 0 saturated heterocycles. The number of hydrogen-bond acceptors (Lipinski definition) is 7. The second-order valence-corrected chi connectivity index (χ2v) is 12.3. The molecule has 3 aromatic rings. The van der Waals surface area contributed by atoms with Gasteiger partial charge in [-0.1, -0.05) is 19.4 Å². The second kappa shape index (κ2) is 13.9. The summed E-state index contributed by atoms with van der Waals surface area (Å²) in [7, 11) is 1.38. The minimum Gasteiger partial charge on any atom is -0.465 e. The van der Waals surface area contributed by atoms with Crippen molar-refractivity contribution in [2.24, 2.45) is 0 Å². The molecule has 210 valence electrons. The highest BCUT2D eigenvalue weighted by Gasteiger charge is 2.28. The van der Waals surface area contributed by atoms with Crippen molar-refractivity contribution in [1.29, 1.82) is 0 Å². The SMILES string of the molecule is CCC(Sc1cccc(NC(=S)Nc2ccc(C(C)=O)cc2)c1)C(=O)Nc1sc2c(c1C(=O)OC)CCCCC2. The van der Waals surface area contributed by atoms with E-state index in [1.807, 2.05) is 31.2 Å². The van der Waals surface area contributed by atoms with E-state index in [1.54, 1.807) is 24.3 Å². The number of thiocarbonyl (C=S) groups is 1. The minimum atomic E-state index is -0.395. The largest absolute Gasteiger partial charge is 0.465 e. The summed E-state index contributed by atoms with van der Waals surface area (Å²) in [5.41, 5.74) is 3.74. The standard InChI is InChI=1S/C30H33N3O4S3/c1-4-24(27(35)33-28-26(29(36)37-3)23-11-6-5-7-12-25(23)40-28)39-22-10-8-9-21(17-22)32-30(38)31-20-15-13-19(14-16-20)18(2)34/h8-10,13-17,24H,4-7,11-12H2,1-3H3,(H,33,35)(H2,31,32,38). The van der Waals surface area contributed by atoms with Gasteiger partial charge in [0.15, 0.2) is 10.9 Å². The number of thioether (sulfide) groups is 1. The number of fused-ring (bicyclic) bond motifs is 1. The van der Waals surface area contributed by atoms with Crippen LogP contribution in [0, 0.1) is 0 Å². The molecule has 1 aliphatic rings. The van der Waals surface area contributed by atoms with E-state index in [-0.39, 0.29) is 16.9 Å². The predicted octanol–water partition coefficient (Wildman–Crippen LogP) is 7.32. The third-order valence-electron chi connectivity index (χ3n) is 6.63. The molecule has 0 spiro atoms. The summed E-state index contributed by atoms with van der Waals surface area (Å²) in [4.78, 5) is 39.6. The second-order valence-electron chi connectivity index (χ2n) is 9.50. The lowest BCUT2D eigenvalue weighted by Gasteiger charge is -2.16. The van der Waals surface area contributed by atoms with Crippen LogP contribution in [0.15, 0.2) is 53.4 Å². The van der Waals surface area contributed by atoms with Gasteiger partial charge >= 0.3 is 5.97 Å². The zero-order valence-electron chi connectivity index (χ0n) is 22.8. The Hall–Kier alpha value is -3.21. The summed E-state index contributed by atoms with van der Waals surface area (Å²) in [6, 6.07) is 14.8. The van der Waals surface area contributed by atoms with Gasteiger partial charge < -0.3 is 20.7 Å². The molecular formula is C30H33N3O4S3. The van der Waals surface area contributed by atoms with Crippen molar-refractivity contribution in [3.63, 3.8) is 0 Å². The first kappa shape index (κ1) is 29.8. The number of aryl methyl sites for hydroxylation is 1. The van der Waals surface area contributed by atoms with Crippen LogP contribution in [-0.4, -0.2) is 35.1 Å². The summed E-state index contributed by atoms with van der Waals surface area (Å²) < 4.78 is 5.08. The number of nitrogens with one attached hydrogen (secondary N) is 3. The van der Waals surface area contributed by atoms with E-state index in [0.717, 1.165) is 53.9 Å². The Bertz CT molecular complexity index is 1400. The summed E-state index contributed by atoms with van der Waals surface area (Å²) >= 11 is 8.43. The van der Waals surface area contributed by atoms with Gasteiger partial charge in [0.05, 0.1) is 17.9 Å². The lowest BCUT2D eigenvalue weighted by molar-refractivity contribution is -0.115. The Kier molecular flexibility index (Phi) is 10.4. The molecule has 1 aliphatic carbocycles. The van der Waals surface area contributed by atoms with Gasteiger partial charge in [0.25, 0.3) is 0 Å². The van der Waals surface area contributed by atoms with E-state index in [0.29, 0.717) is 27.7 Å². The number of anilines is 3. The molecule has 1 amide bonds. The highest BCUT2D eigenvalue weighted by Crippen LogP contribution is 2.39. The molecule has 0 aliphatic heterocycles. The molecule has 40 heavy (non-hydrogen) atoms. The minimum absolute atomic E-state index is 0.00875. The monoisotopic (exact) mass is 595 g/mol. The molecule has 4 rings (SSSR count). The fraction of sp³-hybridized carbons (Fsp3) is 0.333. The van der Waals surface area contributed by atoms with Crippen LogP contribution in [0.2, 0.25) is 0 Å². The van der Waals surface area contributed by atoms with Crippen LogP contribution in [0.4, 0.5) is 16.4 Å². The number of rotatable bonds is 9. The zero-order chi connectivity index (χ0) is 28.6. The van der Waals surface area contributed by atoms with Crippen LogP contribution in [0.3, 0.4) is 0 Å². The van der Waals surface area contributed by atoms with E-state index in [1.165, 1.54) is 42.0 Å². The van der Waals surface area contributed by atoms with E-state index in [2.05, 4.69) is 16.0 Å². The molecule has 7 nitrogen and oxygen atoms in total. The maximum absolute atomic E-state index is 13.4. The van der Waals surface area contributed by atoms with Gasteiger partial charge in [0, 0.05) is 26.7 Å². The van der Waals surface area contributed by atoms with Crippen LogP contribution >= 0.6 is 35.3 Å². The van der Waals surface area contributed by atoms with Crippen molar-refractivity contribution in [3.8, 4) is 0 Å². The molecular weight excluding hydrogens is 563 g/mol. The van der Waals surface area contributed by atoms with Crippen LogP contribution in [0.25, 0.3) is 0 Å². The summed E-state index contributed by atoms with van der Waals surface area (Å²) in [5.74, 6) is -0.526. The number of hydrogen-bond donors (Lipinski definition) is 3. The number of carbonyl (C=O) groups excluding carboxylic acids is 3. The van der Waals surface area contributed by atoms with Gasteiger partial charge in [-0.15, -0.1) is 23.1 Å². The predicted molar refractivity (Wildman–Crippen MR) is 168 cm³/mol. The van der Waals surface area contributed by atoms with Crippen LogP contribution in [-0.2, 0) is 22.4 Å². The maximum Gasteiger partial charge on any atom is 0.341 e. The number of esters is 1. The van der Waals surface area contributed by atoms with Gasteiger partial charge in [-0.05, 0) is 99.3 Å². The van der Waals surface area contributed by atoms with Gasteiger partial charge in [-0.3, -0.25) is 9.59 Å². The Morgan fingerprint density at radius 2 is 1.73 bits per heavy atom. The Morgan fingerprint density at radius 3 is 2.42 bits per heavy atom. The molecule has 1 aromatic heterocycles. The fourth-order valence-corrected chi connectivity index (χ4v) is 7.09. The first-order chi connectivity index (χ1) is 19.3. The number of ether oxygens (including phenoxy) is 1. The topological polar surface area (TPSA) is 96.5 Å². The van der Waals surface area contributed by atoms with Gasteiger partial charge in [0.1, 0.15) is 5.00 Å². The molecule has 10 heteroatoms. The third kappa shape index (κ3) is 7.50. The van der Waals surface area contributed by atoms with E-state index in [4.69, 9.17) is 17.0 Å². The third-order valence-corrected chi connectivity index (χ3v) is 9.40. The smallest absolute Gasteiger partial charge is 0.341 e. The van der Waals surface area contributed by atoms with Crippen LogP contribution in [0.5, 0.6) is 0 Å². The molecule has 1 atom stereocenters. The fourth-order valence-electron chi connectivity index (χ4n) is 4.56. The number of Topliss-reactive ketones (excluding diaryl/α,β-unsaturated/α-hetero) is 1. The quantitative estimate of drug-likeness (QED) is 0.0778. The first-order valence-corrected chi connectivity index (χ1v) is 15.4. The molecule has 2 aromatic carbocycles. The van der Waals surface area contributed by atoms with Crippen molar-refractivity contribution in [2.75, 3.05) is 23.1 Å². The molecule has 0 fully saturated rings. The van der Waals surface area contributed by atoms with E-state index >= 15 is 0 Å². The number of methoxy groups -OCH3 is 1. The van der Waals surface area contributed by atoms with Crippen LogP contribution < -0.4 is 16.0 Å². The number of ketones is 1. The molecule has 0 saturated carbocycles. The Balaban J connectivity index is 1.42. The normalized spacial score (nSPS) is 13.4. The average Bonchev–Trinajstić information content (AvgIpc) is 3.11. The van der Waals surface area contributed by atoms with Gasteiger partial charge in [-0.2, -0.15) is 0 Å². The maximum atomic E-state index is 13.4. The Morgan fingerprint density at radius 1 is 1.00 bits per heavy atom. The van der Waals surface area contributed by atoms with Crippen molar-refractivity contribution < 1.29 is 19.1 Å². The van der Waals surface area contributed by atoms with Crippen molar-refractivity contribution in [2.45, 2.75) is 62.5 Å².